The Morgan fingerprint density at radius 2 is 2.04 bits per heavy atom. The molecule has 3 saturated carbocycles. The van der Waals surface area contributed by atoms with E-state index in [1.807, 2.05) is 0 Å². The van der Waals surface area contributed by atoms with E-state index in [0.29, 0.717) is 24.2 Å². The molecule has 7 unspecified atom stereocenters. The van der Waals surface area contributed by atoms with Gasteiger partial charge in [-0.2, -0.15) is 0 Å². The summed E-state index contributed by atoms with van der Waals surface area (Å²) in [6.07, 6.45) is 12.8. The Hall–Kier alpha value is -1.11. The normalized spacial score (nSPS) is 52.0. The minimum Gasteiger partial charge on any atom is -0.392 e. The van der Waals surface area contributed by atoms with Crippen molar-refractivity contribution in [1.29, 1.82) is 0 Å². The third-order valence-electron chi connectivity index (χ3n) is 7.71. The lowest BCUT2D eigenvalue weighted by molar-refractivity contribution is -0.122. The minimum atomic E-state index is -0.972. The topological polar surface area (TPSA) is 57.5 Å². The average molecular weight is 314 g/mol. The highest BCUT2D eigenvalue weighted by atomic mass is 16.3. The van der Waals surface area contributed by atoms with Gasteiger partial charge in [-0.15, -0.1) is 6.42 Å². The van der Waals surface area contributed by atoms with Crippen LogP contribution in [0.15, 0.2) is 11.6 Å². The molecule has 0 aromatic heterocycles. The molecule has 124 valence electrons. The maximum atomic E-state index is 11.8. The summed E-state index contributed by atoms with van der Waals surface area (Å²) in [6, 6.07) is 0. The van der Waals surface area contributed by atoms with Crippen LogP contribution >= 0.6 is 0 Å². The molecule has 4 aliphatic carbocycles. The molecule has 7 atom stereocenters. The highest BCUT2D eigenvalue weighted by molar-refractivity contribution is 5.92. The molecule has 23 heavy (non-hydrogen) atoms. The Kier molecular flexibility index (Phi) is 3.31. The number of hydrogen-bond donors (Lipinski definition) is 2. The summed E-state index contributed by atoms with van der Waals surface area (Å²) >= 11 is 0. The minimum absolute atomic E-state index is 0.0745. The number of hydrogen-bond acceptors (Lipinski definition) is 3. The third kappa shape index (κ3) is 1.95. The van der Waals surface area contributed by atoms with Crippen LogP contribution in [0.1, 0.15) is 51.9 Å². The number of aliphatic hydroxyl groups excluding tert-OH is 1. The maximum Gasteiger partial charge on any atom is 0.158 e. The first kappa shape index (κ1) is 15.4. The molecule has 0 radical (unpaired) electrons. The summed E-state index contributed by atoms with van der Waals surface area (Å²) in [5.74, 6) is 4.31. The molecule has 2 N–H and O–H groups in total. The van der Waals surface area contributed by atoms with Gasteiger partial charge in [0.2, 0.25) is 0 Å². The van der Waals surface area contributed by atoms with Crippen molar-refractivity contribution in [2.45, 2.75) is 63.6 Å². The second-order valence-corrected chi connectivity index (χ2v) is 8.46. The molecule has 4 aliphatic rings. The van der Waals surface area contributed by atoms with Gasteiger partial charge in [-0.1, -0.05) is 18.4 Å². The maximum absolute atomic E-state index is 11.8. The number of fused-ring (bicyclic) bond motifs is 5. The zero-order valence-corrected chi connectivity index (χ0v) is 13.8. The van der Waals surface area contributed by atoms with Gasteiger partial charge >= 0.3 is 0 Å². The molecule has 0 aromatic rings. The van der Waals surface area contributed by atoms with Gasteiger partial charge in [-0.3, -0.25) is 4.79 Å². The Labute approximate surface area is 138 Å². The monoisotopic (exact) mass is 314 g/mol. The zero-order valence-electron chi connectivity index (χ0n) is 13.8. The second kappa shape index (κ2) is 4.94. The molecule has 4 rings (SSSR count). The summed E-state index contributed by atoms with van der Waals surface area (Å²) < 4.78 is 0. The van der Waals surface area contributed by atoms with Gasteiger partial charge in [0.1, 0.15) is 5.60 Å². The van der Waals surface area contributed by atoms with Gasteiger partial charge in [0, 0.05) is 17.8 Å². The molecule has 0 aliphatic heterocycles. The molecule has 0 amide bonds. The van der Waals surface area contributed by atoms with Crippen molar-refractivity contribution in [3.63, 3.8) is 0 Å². The number of terminal acetylenes is 1. The Bertz CT molecular complexity index is 615. The Morgan fingerprint density at radius 1 is 1.26 bits per heavy atom. The number of rotatable bonds is 0. The van der Waals surface area contributed by atoms with E-state index in [2.05, 4.69) is 12.8 Å². The highest BCUT2D eigenvalue weighted by Crippen LogP contribution is 2.64. The molecular weight excluding hydrogens is 288 g/mol. The molecule has 3 nitrogen and oxygen atoms in total. The molecule has 0 aromatic carbocycles. The summed E-state index contributed by atoms with van der Waals surface area (Å²) in [4.78, 5) is 11.8. The van der Waals surface area contributed by atoms with Crippen LogP contribution in [0.4, 0.5) is 0 Å². The Morgan fingerprint density at radius 3 is 2.78 bits per heavy atom. The van der Waals surface area contributed by atoms with E-state index < -0.39 is 11.7 Å². The second-order valence-electron chi connectivity index (χ2n) is 8.46. The quantitative estimate of drug-likeness (QED) is 0.675. The standard InChI is InChI=1S/C20H26O3/c1-3-20(23)9-7-16-14-5-4-12-10-13(21)11-17(22)18(12)15(14)6-8-19(16,20)2/h1,10,14-18,22-23H,4-9,11H2,2H3. The van der Waals surface area contributed by atoms with E-state index in [4.69, 9.17) is 6.42 Å². The zero-order chi connectivity index (χ0) is 16.4. The van der Waals surface area contributed by atoms with Gasteiger partial charge in [0.05, 0.1) is 6.10 Å². The van der Waals surface area contributed by atoms with Gasteiger partial charge in [0.15, 0.2) is 5.78 Å². The van der Waals surface area contributed by atoms with Crippen molar-refractivity contribution < 1.29 is 15.0 Å². The first-order chi connectivity index (χ1) is 10.9. The van der Waals surface area contributed by atoms with E-state index in [-0.39, 0.29) is 23.5 Å². The van der Waals surface area contributed by atoms with Gasteiger partial charge < -0.3 is 10.2 Å². The summed E-state index contributed by atoms with van der Waals surface area (Å²) in [6.45, 7) is 2.17. The fraction of sp³-hybridized carbons (Fsp3) is 0.750. The van der Waals surface area contributed by atoms with Crippen LogP contribution in [0.3, 0.4) is 0 Å². The lowest BCUT2D eigenvalue weighted by atomic mass is 9.50. The van der Waals surface area contributed by atoms with E-state index in [1.54, 1.807) is 6.08 Å². The first-order valence-corrected chi connectivity index (χ1v) is 9.01. The van der Waals surface area contributed by atoms with E-state index in [9.17, 15) is 15.0 Å². The Balaban J connectivity index is 1.68. The molecule has 3 heteroatoms. The van der Waals surface area contributed by atoms with Crippen molar-refractivity contribution in [3.05, 3.63) is 11.6 Å². The lowest BCUT2D eigenvalue weighted by Crippen LogP contribution is -2.53. The summed E-state index contributed by atoms with van der Waals surface area (Å²) in [5.41, 5.74) is 0.00301. The van der Waals surface area contributed by atoms with Crippen LogP contribution in [0.5, 0.6) is 0 Å². The van der Waals surface area contributed by atoms with Crippen molar-refractivity contribution >= 4 is 5.78 Å². The fourth-order valence-corrected chi connectivity index (χ4v) is 6.51. The summed E-state index contributed by atoms with van der Waals surface area (Å²) in [7, 11) is 0. The van der Waals surface area contributed by atoms with Crippen LogP contribution in [0, 0.1) is 41.4 Å². The van der Waals surface area contributed by atoms with E-state index in [1.165, 1.54) is 5.57 Å². The van der Waals surface area contributed by atoms with Crippen LogP contribution < -0.4 is 0 Å². The summed E-state index contributed by atoms with van der Waals surface area (Å²) in [5, 5.41) is 21.4. The molecule has 0 bridgehead atoms. The predicted molar refractivity (Wildman–Crippen MR) is 87.3 cm³/mol. The van der Waals surface area contributed by atoms with Crippen LogP contribution in [-0.4, -0.2) is 27.7 Å². The molecule has 0 spiro atoms. The fourth-order valence-electron chi connectivity index (χ4n) is 6.51. The largest absolute Gasteiger partial charge is 0.392 e. The first-order valence-electron chi connectivity index (χ1n) is 9.01. The highest BCUT2D eigenvalue weighted by Gasteiger charge is 2.62. The van der Waals surface area contributed by atoms with Crippen molar-refractivity contribution in [3.8, 4) is 12.3 Å². The SMILES string of the molecule is C#CC1(O)CCC2C3CCC4=CC(=O)CC(O)C4C3CCC21C. The molecule has 3 fully saturated rings. The van der Waals surface area contributed by atoms with E-state index >= 15 is 0 Å². The van der Waals surface area contributed by atoms with Crippen LogP contribution in [0.25, 0.3) is 0 Å². The number of carbonyl (C=O) groups excluding carboxylic acids is 1. The number of carbonyl (C=O) groups is 1. The lowest BCUT2D eigenvalue weighted by Gasteiger charge is -2.55. The van der Waals surface area contributed by atoms with Gasteiger partial charge in [-0.05, 0) is 62.4 Å². The molecule has 0 saturated heterocycles. The molecule has 0 heterocycles. The van der Waals surface area contributed by atoms with Crippen LogP contribution in [0.2, 0.25) is 0 Å². The van der Waals surface area contributed by atoms with E-state index in [0.717, 1.165) is 32.1 Å². The number of aliphatic hydroxyl groups is 2. The number of ketones is 1. The third-order valence-corrected chi connectivity index (χ3v) is 7.71. The average Bonchev–Trinajstić information content (AvgIpc) is 2.79. The van der Waals surface area contributed by atoms with Crippen molar-refractivity contribution in [2.24, 2.45) is 29.1 Å². The van der Waals surface area contributed by atoms with Crippen molar-refractivity contribution in [1.82, 2.24) is 0 Å². The van der Waals surface area contributed by atoms with Gasteiger partial charge in [-0.25, -0.2) is 0 Å². The predicted octanol–water partition coefficient (Wildman–Crippen LogP) is 2.46. The molecular formula is C20H26O3. The smallest absolute Gasteiger partial charge is 0.158 e. The van der Waals surface area contributed by atoms with Crippen molar-refractivity contribution in [2.75, 3.05) is 0 Å². The van der Waals surface area contributed by atoms with Gasteiger partial charge in [0.25, 0.3) is 0 Å². The van der Waals surface area contributed by atoms with Crippen LogP contribution in [-0.2, 0) is 4.79 Å².